The third kappa shape index (κ3) is 6.52. The Bertz CT molecular complexity index is 731. The first kappa shape index (κ1) is 20.6. The number of allylic oxidation sites excluding steroid dienone is 1. The van der Waals surface area contributed by atoms with Crippen molar-refractivity contribution >= 4 is 11.4 Å². The molecular formula is C24H33N3. The number of anilines is 2. The summed E-state index contributed by atoms with van der Waals surface area (Å²) in [5, 5.41) is 9.80. The Morgan fingerprint density at radius 3 is 2.33 bits per heavy atom. The van der Waals surface area contributed by atoms with E-state index >= 15 is 0 Å². The smallest absolute Gasteiger partial charge is 0.0627 e. The minimum absolute atomic E-state index is 0.659. The Morgan fingerprint density at radius 1 is 1.11 bits per heavy atom. The number of benzene rings is 2. The standard InChI is InChI=1S/C15H21N3.C9H12/c1-4-17-14-7-5-6-13(15(14)16-3)10-18-11(2)12-8-9-12;1-8(2)9-6-4-3-5-7-9/h4-7,12,16-18H,1-2,8-10H2,3H3;3-8H,1-2H3. The van der Waals surface area contributed by atoms with Gasteiger partial charge in [-0.15, -0.1) is 0 Å². The van der Waals surface area contributed by atoms with Crippen LogP contribution in [-0.2, 0) is 6.54 Å². The zero-order valence-electron chi connectivity index (χ0n) is 16.9. The van der Waals surface area contributed by atoms with Crippen LogP contribution >= 0.6 is 0 Å². The molecule has 0 radical (unpaired) electrons. The molecule has 3 N–H and O–H groups in total. The summed E-state index contributed by atoms with van der Waals surface area (Å²) >= 11 is 0. The van der Waals surface area contributed by atoms with Crippen molar-refractivity contribution in [2.75, 3.05) is 17.7 Å². The molecule has 3 nitrogen and oxygen atoms in total. The molecule has 2 aromatic rings. The van der Waals surface area contributed by atoms with Crippen LogP contribution in [0.4, 0.5) is 11.4 Å². The lowest BCUT2D eigenvalue weighted by Crippen LogP contribution is -2.14. The molecule has 1 aliphatic carbocycles. The molecule has 1 aliphatic rings. The summed E-state index contributed by atoms with van der Waals surface area (Å²) in [7, 11) is 1.93. The van der Waals surface area contributed by atoms with Crippen molar-refractivity contribution in [3.63, 3.8) is 0 Å². The Labute approximate surface area is 164 Å². The molecule has 0 atom stereocenters. The lowest BCUT2D eigenvalue weighted by Gasteiger charge is -2.16. The van der Waals surface area contributed by atoms with Crippen molar-refractivity contribution in [1.29, 1.82) is 0 Å². The van der Waals surface area contributed by atoms with E-state index in [1.54, 1.807) is 6.20 Å². The molecular weight excluding hydrogens is 330 g/mol. The normalized spacial score (nSPS) is 12.6. The molecule has 0 aliphatic heterocycles. The quantitative estimate of drug-likeness (QED) is 0.530. The van der Waals surface area contributed by atoms with E-state index in [1.165, 1.54) is 29.7 Å². The van der Waals surface area contributed by atoms with Gasteiger partial charge in [-0.2, -0.15) is 0 Å². The highest BCUT2D eigenvalue weighted by Crippen LogP contribution is 2.34. The minimum Gasteiger partial charge on any atom is -0.386 e. The van der Waals surface area contributed by atoms with Crippen molar-refractivity contribution < 1.29 is 0 Å². The van der Waals surface area contributed by atoms with Crippen molar-refractivity contribution in [3.8, 4) is 0 Å². The van der Waals surface area contributed by atoms with Crippen LogP contribution in [0.5, 0.6) is 0 Å². The molecule has 27 heavy (non-hydrogen) atoms. The number of nitrogens with one attached hydrogen (secondary N) is 3. The van der Waals surface area contributed by atoms with E-state index < -0.39 is 0 Å². The Kier molecular flexibility index (Phi) is 8.00. The molecule has 0 heterocycles. The molecule has 0 bridgehead atoms. The SMILES string of the molecule is C=CNc1cccc(CNC(=C)C2CC2)c1NC.CC(C)c1ccccc1. The molecule has 3 rings (SSSR count). The fourth-order valence-corrected chi connectivity index (χ4v) is 2.90. The first-order chi connectivity index (χ1) is 13.1. The molecule has 1 saturated carbocycles. The minimum atomic E-state index is 0.659. The van der Waals surface area contributed by atoms with Crippen molar-refractivity contribution in [3.05, 3.63) is 84.7 Å². The summed E-state index contributed by atoms with van der Waals surface area (Å²) in [6, 6.07) is 16.7. The summed E-state index contributed by atoms with van der Waals surface area (Å²) in [5.41, 5.74) is 5.96. The monoisotopic (exact) mass is 363 g/mol. The zero-order valence-corrected chi connectivity index (χ0v) is 16.9. The lowest BCUT2D eigenvalue weighted by atomic mass is 10.0. The average Bonchev–Trinajstić information content (AvgIpc) is 3.53. The van der Waals surface area contributed by atoms with E-state index in [0.29, 0.717) is 11.8 Å². The van der Waals surface area contributed by atoms with Gasteiger partial charge in [-0.1, -0.05) is 69.5 Å². The molecule has 2 aromatic carbocycles. The zero-order chi connectivity index (χ0) is 19.6. The summed E-state index contributed by atoms with van der Waals surface area (Å²) in [5.74, 6) is 1.35. The topological polar surface area (TPSA) is 36.1 Å². The summed E-state index contributed by atoms with van der Waals surface area (Å²) in [6.07, 6.45) is 4.25. The first-order valence-electron chi connectivity index (χ1n) is 9.71. The highest BCUT2D eigenvalue weighted by Gasteiger charge is 2.24. The van der Waals surface area contributed by atoms with Crippen molar-refractivity contribution in [2.24, 2.45) is 5.92 Å². The van der Waals surface area contributed by atoms with E-state index in [2.05, 4.69) is 73.3 Å². The molecule has 1 fully saturated rings. The van der Waals surface area contributed by atoms with Crippen molar-refractivity contribution in [2.45, 2.75) is 39.2 Å². The highest BCUT2D eigenvalue weighted by molar-refractivity contribution is 5.73. The maximum atomic E-state index is 4.08. The van der Waals surface area contributed by atoms with E-state index in [9.17, 15) is 0 Å². The Balaban J connectivity index is 0.000000244. The predicted molar refractivity (Wildman–Crippen MR) is 119 cm³/mol. The molecule has 0 aromatic heterocycles. The van der Waals surface area contributed by atoms with Crippen LogP contribution < -0.4 is 16.0 Å². The van der Waals surface area contributed by atoms with Crippen molar-refractivity contribution in [1.82, 2.24) is 5.32 Å². The van der Waals surface area contributed by atoms with Gasteiger partial charge < -0.3 is 16.0 Å². The van der Waals surface area contributed by atoms with Gasteiger partial charge in [0.05, 0.1) is 11.4 Å². The maximum Gasteiger partial charge on any atom is 0.0627 e. The first-order valence-corrected chi connectivity index (χ1v) is 9.71. The second kappa shape index (κ2) is 10.5. The van der Waals surface area contributed by atoms with Gasteiger partial charge in [0.15, 0.2) is 0 Å². The highest BCUT2D eigenvalue weighted by atomic mass is 14.9. The molecule has 0 amide bonds. The maximum absolute atomic E-state index is 4.08. The fourth-order valence-electron chi connectivity index (χ4n) is 2.90. The predicted octanol–water partition coefficient (Wildman–Crippen LogP) is 6.11. The van der Waals surface area contributed by atoms with Gasteiger partial charge in [-0.25, -0.2) is 0 Å². The van der Waals surface area contributed by atoms with Gasteiger partial charge in [0, 0.05) is 19.3 Å². The van der Waals surface area contributed by atoms with Crippen LogP contribution in [0.15, 0.2) is 73.6 Å². The average molecular weight is 364 g/mol. The van der Waals surface area contributed by atoms with Gasteiger partial charge in [-0.05, 0) is 48.1 Å². The lowest BCUT2D eigenvalue weighted by molar-refractivity contribution is 0.748. The largest absolute Gasteiger partial charge is 0.386 e. The number of hydrogen-bond acceptors (Lipinski definition) is 3. The van der Waals surface area contributed by atoms with E-state index in [4.69, 9.17) is 0 Å². The molecule has 0 spiro atoms. The number of hydrogen-bond donors (Lipinski definition) is 3. The second-order valence-electron chi connectivity index (χ2n) is 7.16. The summed E-state index contributed by atoms with van der Waals surface area (Å²) in [6.45, 7) is 13.0. The van der Waals surface area contributed by atoms with Crippen LogP contribution in [-0.4, -0.2) is 7.05 Å². The summed E-state index contributed by atoms with van der Waals surface area (Å²) in [4.78, 5) is 0. The van der Waals surface area contributed by atoms with Crippen LogP contribution in [0.2, 0.25) is 0 Å². The fraction of sp³-hybridized carbons (Fsp3) is 0.333. The second-order valence-corrected chi connectivity index (χ2v) is 7.16. The van der Waals surface area contributed by atoms with E-state index in [1.807, 2.05) is 25.2 Å². The van der Waals surface area contributed by atoms with Gasteiger partial charge in [0.2, 0.25) is 0 Å². The van der Waals surface area contributed by atoms with Gasteiger partial charge in [0.1, 0.15) is 0 Å². The summed E-state index contributed by atoms with van der Waals surface area (Å²) < 4.78 is 0. The molecule has 0 unspecified atom stereocenters. The van der Waals surface area contributed by atoms with E-state index in [-0.39, 0.29) is 0 Å². The van der Waals surface area contributed by atoms with Crippen LogP contribution in [0.25, 0.3) is 0 Å². The Morgan fingerprint density at radius 2 is 1.81 bits per heavy atom. The molecule has 0 saturated heterocycles. The third-order valence-electron chi connectivity index (χ3n) is 4.70. The van der Waals surface area contributed by atoms with Crippen LogP contribution in [0, 0.1) is 5.92 Å². The Hall–Kier alpha value is -2.68. The molecule has 3 heteroatoms. The third-order valence-corrected chi connectivity index (χ3v) is 4.70. The number of rotatable bonds is 8. The van der Waals surface area contributed by atoms with E-state index in [0.717, 1.165) is 17.9 Å². The molecule has 144 valence electrons. The van der Waals surface area contributed by atoms with Crippen LogP contribution in [0.3, 0.4) is 0 Å². The van der Waals surface area contributed by atoms with Crippen LogP contribution in [0.1, 0.15) is 43.7 Å². The number of para-hydroxylation sites is 1. The van der Waals surface area contributed by atoms with Gasteiger partial charge in [-0.3, -0.25) is 0 Å². The van der Waals surface area contributed by atoms with Gasteiger partial charge >= 0.3 is 0 Å². The van der Waals surface area contributed by atoms with Gasteiger partial charge in [0.25, 0.3) is 0 Å².